The summed E-state index contributed by atoms with van der Waals surface area (Å²) in [4.78, 5) is 0.403. The first-order valence-corrected chi connectivity index (χ1v) is 7.03. The van der Waals surface area contributed by atoms with E-state index in [0.29, 0.717) is 4.88 Å². The minimum Gasteiger partial charge on any atom is -0.371 e. The molecule has 0 saturated carbocycles. The van der Waals surface area contributed by atoms with E-state index >= 15 is 0 Å². The topological polar surface area (TPSA) is 43.4 Å². The van der Waals surface area contributed by atoms with Gasteiger partial charge in [-0.1, -0.05) is 6.07 Å². The zero-order valence-corrected chi connectivity index (χ0v) is 11.0. The summed E-state index contributed by atoms with van der Waals surface area (Å²) in [5.74, 6) is -2.22. The van der Waals surface area contributed by atoms with Crippen LogP contribution in [0.5, 0.6) is 0 Å². The fourth-order valence-electron chi connectivity index (χ4n) is 0.984. The maximum Gasteiger partial charge on any atom is 0.534 e. The van der Waals surface area contributed by atoms with Crippen molar-refractivity contribution in [1.82, 2.24) is 0 Å². The number of rotatable bonds is 4. The summed E-state index contributed by atoms with van der Waals surface area (Å²) in [6.07, 6.45) is -5.51. The SMILES string of the molecule is O=S(=O)(OC(=CCc1cccs1)C(F)(F)F)C(F)(F)F. The molecule has 0 N–H and O–H groups in total. The molecule has 11 heteroatoms. The third-order valence-electron chi connectivity index (χ3n) is 1.83. The number of allylic oxidation sites excluding steroid dienone is 2. The molecule has 0 radical (unpaired) electrons. The third kappa shape index (κ3) is 4.40. The van der Waals surface area contributed by atoms with Crippen molar-refractivity contribution in [2.75, 3.05) is 0 Å². The van der Waals surface area contributed by atoms with E-state index in [0.717, 1.165) is 11.3 Å². The molecular weight excluding hydrogens is 334 g/mol. The maximum atomic E-state index is 12.4. The Hall–Kier alpha value is -1.23. The number of hydrogen-bond acceptors (Lipinski definition) is 4. The summed E-state index contributed by atoms with van der Waals surface area (Å²) >= 11 is 1.06. The van der Waals surface area contributed by atoms with Gasteiger partial charge < -0.3 is 4.18 Å². The largest absolute Gasteiger partial charge is 0.534 e. The lowest BCUT2D eigenvalue weighted by molar-refractivity contribution is -0.120. The molecular formula is C9H6F6O3S2. The zero-order valence-electron chi connectivity index (χ0n) is 9.33. The molecule has 0 spiro atoms. The van der Waals surface area contributed by atoms with Crippen molar-refractivity contribution in [3.63, 3.8) is 0 Å². The van der Waals surface area contributed by atoms with Crippen molar-refractivity contribution >= 4 is 21.5 Å². The maximum absolute atomic E-state index is 12.4. The van der Waals surface area contributed by atoms with Gasteiger partial charge >= 0.3 is 21.8 Å². The molecule has 0 aliphatic carbocycles. The number of halogens is 6. The van der Waals surface area contributed by atoms with Gasteiger partial charge in [-0.2, -0.15) is 34.8 Å². The van der Waals surface area contributed by atoms with E-state index < -0.39 is 34.0 Å². The Balaban J connectivity index is 3.01. The predicted molar refractivity (Wildman–Crippen MR) is 58.2 cm³/mol. The van der Waals surface area contributed by atoms with Gasteiger partial charge in [0.1, 0.15) is 0 Å². The van der Waals surface area contributed by atoms with Gasteiger partial charge in [0.2, 0.25) is 5.76 Å². The van der Waals surface area contributed by atoms with Crippen molar-refractivity contribution < 1.29 is 38.9 Å². The van der Waals surface area contributed by atoms with Crippen molar-refractivity contribution in [3.8, 4) is 0 Å². The fourth-order valence-corrected chi connectivity index (χ4v) is 2.15. The standard InChI is InChI=1S/C9H6F6O3S2/c10-8(11,12)7(4-3-6-2-1-5-19-6)18-20(16,17)9(13,14)15/h1-2,4-5H,3H2. The Morgan fingerprint density at radius 3 is 2.25 bits per heavy atom. The van der Waals surface area contributed by atoms with Crippen molar-refractivity contribution in [3.05, 3.63) is 34.2 Å². The second kappa shape index (κ2) is 5.64. The van der Waals surface area contributed by atoms with Crippen LogP contribution in [-0.4, -0.2) is 20.1 Å². The summed E-state index contributed by atoms with van der Waals surface area (Å²) in [5, 5.41) is 1.55. The Labute approximate surface area is 113 Å². The quantitative estimate of drug-likeness (QED) is 0.364. The van der Waals surface area contributed by atoms with E-state index in [-0.39, 0.29) is 6.08 Å². The first kappa shape index (κ1) is 16.8. The van der Waals surface area contributed by atoms with Crippen LogP contribution >= 0.6 is 11.3 Å². The molecule has 3 nitrogen and oxygen atoms in total. The second-order valence-electron chi connectivity index (χ2n) is 3.33. The number of alkyl halides is 6. The molecule has 1 rings (SSSR count). The van der Waals surface area contributed by atoms with Gasteiger partial charge in [0.05, 0.1) is 0 Å². The molecule has 1 aromatic heterocycles. The average Bonchev–Trinajstić information content (AvgIpc) is 2.73. The average molecular weight is 340 g/mol. The first-order valence-electron chi connectivity index (χ1n) is 4.74. The Morgan fingerprint density at radius 1 is 1.25 bits per heavy atom. The van der Waals surface area contributed by atoms with Gasteiger partial charge in [0, 0.05) is 11.3 Å². The van der Waals surface area contributed by atoms with Crippen LogP contribution in [0.1, 0.15) is 4.88 Å². The van der Waals surface area contributed by atoms with Crippen molar-refractivity contribution in [2.24, 2.45) is 0 Å². The molecule has 0 saturated heterocycles. The van der Waals surface area contributed by atoms with Gasteiger partial charge in [-0.3, -0.25) is 0 Å². The predicted octanol–water partition coefficient (Wildman–Crippen LogP) is 3.60. The second-order valence-corrected chi connectivity index (χ2v) is 5.90. The van der Waals surface area contributed by atoms with Crippen LogP contribution in [0.15, 0.2) is 29.3 Å². The summed E-state index contributed by atoms with van der Waals surface area (Å²) < 4.78 is 97.6. The summed E-state index contributed by atoms with van der Waals surface area (Å²) in [6.45, 7) is 0. The smallest absolute Gasteiger partial charge is 0.371 e. The van der Waals surface area contributed by atoms with E-state index in [1.807, 2.05) is 0 Å². The van der Waals surface area contributed by atoms with Gasteiger partial charge in [0.15, 0.2) is 0 Å². The molecule has 114 valence electrons. The van der Waals surface area contributed by atoms with Gasteiger partial charge in [-0.25, -0.2) is 0 Å². The number of hydrogen-bond donors (Lipinski definition) is 0. The Kier molecular flexibility index (Phi) is 4.74. The van der Waals surface area contributed by atoms with Gasteiger partial charge in [-0.05, 0) is 17.5 Å². The Bertz CT molecular complexity index is 568. The van der Waals surface area contributed by atoms with Crippen LogP contribution in [0.4, 0.5) is 26.3 Å². The molecule has 0 aliphatic rings. The molecule has 20 heavy (non-hydrogen) atoms. The van der Waals surface area contributed by atoms with Crippen LogP contribution in [-0.2, 0) is 20.7 Å². The molecule has 0 aromatic carbocycles. The highest BCUT2D eigenvalue weighted by molar-refractivity contribution is 7.87. The summed E-state index contributed by atoms with van der Waals surface area (Å²) in [6, 6.07) is 2.96. The zero-order chi connectivity index (χ0) is 15.6. The van der Waals surface area contributed by atoms with E-state index in [4.69, 9.17) is 0 Å². The third-order valence-corrected chi connectivity index (χ3v) is 3.70. The van der Waals surface area contributed by atoms with Crippen LogP contribution in [0.25, 0.3) is 0 Å². The van der Waals surface area contributed by atoms with E-state index in [1.165, 1.54) is 12.1 Å². The minimum absolute atomic E-state index is 0.245. The Morgan fingerprint density at radius 2 is 1.85 bits per heavy atom. The lowest BCUT2D eigenvalue weighted by Crippen LogP contribution is -2.29. The highest BCUT2D eigenvalue weighted by atomic mass is 32.2. The van der Waals surface area contributed by atoms with Crippen LogP contribution in [0, 0.1) is 0 Å². The lowest BCUT2D eigenvalue weighted by Gasteiger charge is -2.14. The minimum atomic E-state index is -6.36. The first-order chi connectivity index (χ1) is 8.93. The molecule has 0 aliphatic heterocycles. The van der Waals surface area contributed by atoms with E-state index in [2.05, 4.69) is 4.18 Å². The normalized spacial score (nSPS) is 14.4. The van der Waals surface area contributed by atoms with Gasteiger partial charge in [-0.15, -0.1) is 11.3 Å². The van der Waals surface area contributed by atoms with Crippen LogP contribution in [0.2, 0.25) is 0 Å². The molecule has 0 fully saturated rings. The molecule has 0 atom stereocenters. The summed E-state index contributed by atoms with van der Waals surface area (Å²) in [5.41, 5.74) is -5.93. The van der Waals surface area contributed by atoms with Crippen LogP contribution in [0.3, 0.4) is 0 Å². The van der Waals surface area contributed by atoms with Crippen molar-refractivity contribution in [2.45, 2.75) is 18.1 Å². The summed E-state index contributed by atoms with van der Waals surface area (Å²) in [7, 11) is -6.36. The fraction of sp³-hybridized carbons (Fsp3) is 0.333. The van der Waals surface area contributed by atoms with Crippen LogP contribution < -0.4 is 0 Å². The van der Waals surface area contributed by atoms with E-state index in [9.17, 15) is 34.8 Å². The van der Waals surface area contributed by atoms with Crippen molar-refractivity contribution in [1.29, 1.82) is 0 Å². The van der Waals surface area contributed by atoms with Gasteiger partial charge in [0.25, 0.3) is 0 Å². The molecule has 0 unspecified atom stereocenters. The molecule has 1 heterocycles. The molecule has 1 aromatic rings. The lowest BCUT2D eigenvalue weighted by atomic mass is 10.3. The highest BCUT2D eigenvalue weighted by Gasteiger charge is 2.51. The van der Waals surface area contributed by atoms with E-state index in [1.54, 1.807) is 5.38 Å². The molecule has 0 amide bonds. The monoisotopic (exact) mass is 340 g/mol. The number of thiophene rings is 1. The molecule has 0 bridgehead atoms. The highest BCUT2D eigenvalue weighted by Crippen LogP contribution is 2.33.